The number of furan rings is 1. The van der Waals surface area contributed by atoms with Crippen LogP contribution < -0.4 is 0 Å². The summed E-state index contributed by atoms with van der Waals surface area (Å²) in [6.45, 7) is 4.71. The van der Waals surface area contributed by atoms with Crippen LogP contribution in [0.4, 0.5) is 0 Å². The van der Waals surface area contributed by atoms with Crippen molar-refractivity contribution in [1.29, 1.82) is 0 Å². The van der Waals surface area contributed by atoms with Crippen molar-refractivity contribution in [3.63, 3.8) is 0 Å². The fourth-order valence-corrected chi connectivity index (χ4v) is 8.80. The number of hydrogen-bond acceptors (Lipinski definition) is 1. The van der Waals surface area contributed by atoms with Gasteiger partial charge in [-0.3, -0.25) is 0 Å². The van der Waals surface area contributed by atoms with Crippen molar-refractivity contribution in [1.82, 2.24) is 9.13 Å². The van der Waals surface area contributed by atoms with Gasteiger partial charge in [-0.2, -0.15) is 0 Å². The topological polar surface area (TPSA) is 23.0 Å². The maximum Gasteiger partial charge on any atom is 0.159 e. The van der Waals surface area contributed by atoms with E-state index in [0.717, 1.165) is 27.6 Å². The Morgan fingerprint density at radius 1 is 0.458 bits per heavy atom. The summed E-state index contributed by atoms with van der Waals surface area (Å²) in [6, 6.07) is 53.1. The minimum absolute atomic E-state index is 0.0704. The highest BCUT2D eigenvalue weighted by Gasteiger charge is 2.35. The lowest BCUT2D eigenvalue weighted by Crippen LogP contribution is -2.15. The predicted molar refractivity (Wildman–Crippen MR) is 200 cm³/mol. The second-order valence-electron chi connectivity index (χ2n) is 13.7. The molecule has 0 aliphatic heterocycles. The second kappa shape index (κ2) is 9.05. The lowest BCUT2D eigenvalue weighted by molar-refractivity contribution is 0.660. The van der Waals surface area contributed by atoms with Crippen LogP contribution in [0.5, 0.6) is 0 Å². The van der Waals surface area contributed by atoms with E-state index in [1.807, 2.05) is 6.07 Å². The molecule has 0 N–H and O–H groups in total. The zero-order valence-electron chi connectivity index (χ0n) is 26.7. The fraction of sp³-hybridized carbons (Fsp3) is 0.0667. The summed E-state index contributed by atoms with van der Waals surface area (Å²) in [7, 11) is 0. The number of benzene rings is 7. The molecule has 7 aromatic carbocycles. The molecule has 0 spiro atoms. The normalized spacial score (nSPS) is 13.8. The number of para-hydroxylation sites is 4. The Labute approximate surface area is 276 Å². The molecule has 3 heterocycles. The van der Waals surface area contributed by atoms with Gasteiger partial charge in [-0.05, 0) is 70.8 Å². The summed E-state index contributed by atoms with van der Waals surface area (Å²) in [5.41, 5.74) is 14.2. The average Bonchev–Trinajstić information content (AvgIpc) is 3.84. The molecular weight excluding hydrogens is 585 g/mol. The van der Waals surface area contributed by atoms with Gasteiger partial charge < -0.3 is 13.6 Å². The number of rotatable bonds is 2. The molecule has 1 aliphatic rings. The summed E-state index contributed by atoms with van der Waals surface area (Å²) in [4.78, 5) is 0. The van der Waals surface area contributed by atoms with Crippen LogP contribution in [-0.2, 0) is 5.41 Å². The minimum atomic E-state index is -0.0704. The van der Waals surface area contributed by atoms with E-state index < -0.39 is 0 Å². The summed E-state index contributed by atoms with van der Waals surface area (Å²) >= 11 is 0. The molecule has 0 saturated carbocycles. The Hall–Kier alpha value is -6.06. The summed E-state index contributed by atoms with van der Waals surface area (Å²) in [5, 5.41) is 7.30. The Morgan fingerprint density at radius 3 is 1.85 bits per heavy atom. The Balaban J connectivity index is 1.24. The minimum Gasteiger partial charge on any atom is -0.454 e. The van der Waals surface area contributed by atoms with Gasteiger partial charge in [0.25, 0.3) is 0 Å². The van der Waals surface area contributed by atoms with E-state index >= 15 is 0 Å². The van der Waals surface area contributed by atoms with Gasteiger partial charge in [0, 0.05) is 43.4 Å². The third kappa shape index (κ3) is 3.18. The Bertz CT molecular complexity index is 2980. The van der Waals surface area contributed by atoms with Crippen LogP contribution in [0.3, 0.4) is 0 Å². The Morgan fingerprint density at radius 2 is 1.06 bits per heavy atom. The first-order valence-electron chi connectivity index (χ1n) is 16.7. The van der Waals surface area contributed by atoms with Gasteiger partial charge >= 0.3 is 0 Å². The van der Waals surface area contributed by atoms with E-state index in [4.69, 9.17) is 4.42 Å². The molecule has 10 aromatic rings. The number of fused-ring (bicyclic) bond motifs is 13. The average molecular weight is 615 g/mol. The van der Waals surface area contributed by atoms with Crippen molar-refractivity contribution < 1.29 is 4.42 Å². The molecule has 0 fully saturated rings. The molecule has 3 heteroatoms. The number of aromatic nitrogens is 2. The van der Waals surface area contributed by atoms with Gasteiger partial charge in [0.1, 0.15) is 5.58 Å². The molecule has 48 heavy (non-hydrogen) atoms. The van der Waals surface area contributed by atoms with Crippen LogP contribution >= 0.6 is 0 Å². The van der Waals surface area contributed by atoms with Crippen molar-refractivity contribution in [3.8, 4) is 22.5 Å². The molecule has 0 saturated heterocycles. The summed E-state index contributed by atoms with van der Waals surface area (Å²) in [5.74, 6) is 0. The zero-order valence-corrected chi connectivity index (χ0v) is 26.7. The van der Waals surface area contributed by atoms with E-state index in [1.165, 1.54) is 71.6 Å². The van der Waals surface area contributed by atoms with Crippen molar-refractivity contribution in [2.24, 2.45) is 0 Å². The Kier molecular flexibility index (Phi) is 4.91. The highest BCUT2D eigenvalue weighted by atomic mass is 16.3. The van der Waals surface area contributed by atoms with E-state index in [1.54, 1.807) is 0 Å². The van der Waals surface area contributed by atoms with Gasteiger partial charge in [-0.15, -0.1) is 0 Å². The summed E-state index contributed by atoms with van der Waals surface area (Å²) in [6.07, 6.45) is 0. The molecule has 226 valence electrons. The molecule has 0 atom stereocenters. The van der Waals surface area contributed by atoms with Crippen LogP contribution in [0.2, 0.25) is 0 Å². The van der Waals surface area contributed by atoms with Crippen molar-refractivity contribution in [2.45, 2.75) is 19.3 Å². The zero-order chi connectivity index (χ0) is 31.7. The SMILES string of the molecule is CC1(C)c2ccccc2-c2ccc(-n3c4ccccc4c4c5c6ccccc6n(-c6cccc7c6oc6ccccc67)c5ccc43)cc21. The first-order valence-corrected chi connectivity index (χ1v) is 16.7. The molecule has 1 aliphatic carbocycles. The maximum atomic E-state index is 6.58. The van der Waals surface area contributed by atoms with Crippen LogP contribution in [-0.4, -0.2) is 9.13 Å². The van der Waals surface area contributed by atoms with E-state index in [2.05, 4.69) is 163 Å². The van der Waals surface area contributed by atoms with Crippen molar-refractivity contribution in [2.75, 3.05) is 0 Å². The van der Waals surface area contributed by atoms with Crippen LogP contribution in [0.25, 0.3) is 88.1 Å². The van der Waals surface area contributed by atoms with Gasteiger partial charge in [-0.1, -0.05) is 111 Å². The van der Waals surface area contributed by atoms with Crippen LogP contribution in [0, 0.1) is 0 Å². The number of nitrogens with zero attached hydrogens (tertiary/aromatic N) is 2. The standard InChI is InChI=1S/C45H30N2O/c1-45(2)34-17-7-3-12-28(34)29-23-22-27(26-35(29)45)46-36-18-8-4-14-32(36)42-38(46)24-25-39-43(42)33-15-5-9-19-37(33)47(39)40-20-11-16-31-30-13-6-10-21-41(30)48-44(31)40/h3-26H,1-2H3. The van der Waals surface area contributed by atoms with Gasteiger partial charge in [0.05, 0.1) is 27.8 Å². The first-order chi connectivity index (χ1) is 23.6. The molecule has 0 radical (unpaired) electrons. The second-order valence-corrected chi connectivity index (χ2v) is 13.7. The molecular formula is C45H30N2O. The molecule has 11 rings (SSSR count). The molecule has 0 bridgehead atoms. The van der Waals surface area contributed by atoms with E-state index in [9.17, 15) is 0 Å². The molecule has 3 nitrogen and oxygen atoms in total. The van der Waals surface area contributed by atoms with Crippen molar-refractivity contribution in [3.05, 3.63) is 157 Å². The first kappa shape index (κ1) is 26.1. The lowest BCUT2D eigenvalue weighted by Gasteiger charge is -2.22. The predicted octanol–water partition coefficient (Wildman–Crippen LogP) is 12.1. The van der Waals surface area contributed by atoms with E-state index in [0.29, 0.717) is 0 Å². The smallest absolute Gasteiger partial charge is 0.159 e. The highest BCUT2D eigenvalue weighted by Crippen LogP contribution is 2.50. The van der Waals surface area contributed by atoms with Gasteiger partial charge in [-0.25, -0.2) is 0 Å². The largest absolute Gasteiger partial charge is 0.454 e. The number of hydrogen-bond donors (Lipinski definition) is 0. The highest BCUT2D eigenvalue weighted by molar-refractivity contribution is 6.29. The van der Waals surface area contributed by atoms with E-state index in [-0.39, 0.29) is 5.41 Å². The molecule has 0 amide bonds. The third-order valence-electron chi connectivity index (χ3n) is 10.9. The molecule has 3 aromatic heterocycles. The quantitative estimate of drug-likeness (QED) is 0.190. The van der Waals surface area contributed by atoms with Crippen LogP contribution in [0.15, 0.2) is 150 Å². The maximum absolute atomic E-state index is 6.58. The van der Waals surface area contributed by atoms with Crippen molar-refractivity contribution >= 4 is 65.6 Å². The summed E-state index contributed by atoms with van der Waals surface area (Å²) < 4.78 is 11.4. The third-order valence-corrected chi connectivity index (χ3v) is 10.9. The monoisotopic (exact) mass is 614 g/mol. The van der Waals surface area contributed by atoms with Gasteiger partial charge in [0.2, 0.25) is 0 Å². The lowest BCUT2D eigenvalue weighted by atomic mass is 9.82. The van der Waals surface area contributed by atoms with Gasteiger partial charge in [0.15, 0.2) is 5.58 Å². The molecule has 0 unspecified atom stereocenters. The fourth-order valence-electron chi connectivity index (χ4n) is 8.80. The van der Waals surface area contributed by atoms with Crippen LogP contribution in [0.1, 0.15) is 25.0 Å².